The van der Waals surface area contributed by atoms with Gasteiger partial charge in [0, 0.05) is 13.0 Å². The van der Waals surface area contributed by atoms with Gasteiger partial charge in [0.05, 0.1) is 6.42 Å². The molecular weight excluding hydrogens is 172 g/mol. The Kier molecular flexibility index (Phi) is 6.91. The second-order valence-corrected chi connectivity index (χ2v) is 2.69. The van der Waals surface area contributed by atoms with Crippen molar-refractivity contribution in [2.24, 2.45) is 5.90 Å². The molecule has 0 radical (unpaired) electrons. The minimum atomic E-state index is -0.564. The van der Waals surface area contributed by atoms with Gasteiger partial charge in [0.25, 0.3) is 0 Å². The van der Waals surface area contributed by atoms with Gasteiger partial charge in [0.2, 0.25) is 5.91 Å². The molecule has 0 spiro atoms. The highest BCUT2D eigenvalue weighted by molar-refractivity contribution is 5.81. The number of amides is 1. The normalized spacial score (nSPS) is 9.38. The number of rotatable bonds is 6. The maximum atomic E-state index is 11.0. The molecule has 0 saturated heterocycles. The van der Waals surface area contributed by atoms with Crippen LogP contribution in [0.2, 0.25) is 0 Å². The number of hydrogen-bond acceptors (Lipinski definition) is 4. The van der Waals surface area contributed by atoms with Crippen LogP contribution in [-0.4, -0.2) is 18.4 Å². The van der Waals surface area contributed by atoms with Crippen LogP contribution in [0, 0.1) is 0 Å². The topological polar surface area (TPSA) is 81.4 Å². The van der Waals surface area contributed by atoms with Crippen molar-refractivity contribution < 1.29 is 14.4 Å². The molecule has 1 amide bonds. The standard InChI is InChI=1S/C8H16N2O3/c1-2-3-6-10-7(11)4-5-8(12)13-9/h2-6,9H2,1H3,(H,10,11). The molecule has 0 rings (SSSR count). The molecule has 0 aromatic heterocycles. The third kappa shape index (κ3) is 7.27. The molecule has 5 nitrogen and oxygen atoms in total. The molecule has 0 unspecified atom stereocenters. The Labute approximate surface area is 77.6 Å². The maximum absolute atomic E-state index is 11.0. The van der Waals surface area contributed by atoms with Crippen molar-refractivity contribution >= 4 is 11.9 Å². The van der Waals surface area contributed by atoms with Crippen LogP contribution in [0.25, 0.3) is 0 Å². The molecule has 0 aromatic carbocycles. The van der Waals surface area contributed by atoms with E-state index in [0.717, 1.165) is 12.8 Å². The quantitative estimate of drug-likeness (QED) is 0.457. The first-order valence-corrected chi connectivity index (χ1v) is 4.37. The first-order chi connectivity index (χ1) is 6.20. The molecule has 5 heteroatoms. The van der Waals surface area contributed by atoms with Crippen LogP contribution in [0.3, 0.4) is 0 Å². The minimum absolute atomic E-state index is 0.0362. The van der Waals surface area contributed by atoms with Gasteiger partial charge in [-0.2, -0.15) is 5.90 Å². The lowest BCUT2D eigenvalue weighted by molar-refractivity contribution is -0.145. The fourth-order valence-electron chi connectivity index (χ4n) is 0.767. The van der Waals surface area contributed by atoms with E-state index in [2.05, 4.69) is 16.1 Å². The molecule has 0 atom stereocenters. The lowest BCUT2D eigenvalue weighted by atomic mass is 10.3. The summed E-state index contributed by atoms with van der Waals surface area (Å²) in [5.74, 6) is 3.89. The van der Waals surface area contributed by atoms with Gasteiger partial charge < -0.3 is 10.2 Å². The number of carbonyl (C=O) groups excluding carboxylic acids is 2. The third-order valence-corrected chi connectivity index (χ3v) is 1.54. The number of nitrogens with one attached hydrogen (secondary N) is 1. The molecule has 0 fully saturated rings. The molecule has 0 aliphatic carbocycles. The smallest absolute Gasteiger partial charge is 0.324 e. The van der Waals surface area contributed by atoms with Crippen LogP contribution in [-0.2, 0) is 14.4 Å². The van der Waals surface area contributed by atoms with Gasteiger partial charge in [-0.25, -0.2) is 0 Å². The summed E-state index contributed by atoms with van der Waals surface area (Å²) in [4.78, 5) is 25.4. The highest BCUT2D eigenvalue weighted by atomic mass is 16.7. The van der Waals surface area contributed by atoms with Gasteiger partial charge in [-0.3, -0.25) is 9.59 Å². The zero-order valence-corrected chi connectivity index (χ0v) is 7.84. The molecule has 0 heterocycles. The van der Waals surface area contributed by atoms with E-state index in [1.54, 1.807) is 0 Å². The second-order valence-electron chi connectivity index (χ2n) is 2.69. The fraction of sp³-hybridized carbons (Fsp3) is 0.750. The van der Waals surface area contributed by atoms with E-state index < -0.39 is 5.97 Å². The average Bonchev–Trinajstić information content (AvgIpc) is 2.14. The Morgan fingerprint density at radius 3 is 2.62 bits per heavy atom. The number of hydrogen-bond donors (Lipinski definition) is 2. The maximum Gasteiger partial charge on any atom is 0.324 e. The molecule has 0 saturated carbocycles. The zero-order chi connectivity index (χ0) is 10.1. The van der Waals surface area contributed by atoms with Crippen LogP contribution < -0.4 is 11.2 Å². The summed E-state index contributed by atoms with van der Waals surface area (Å²) in [6, 6.07) is 0. The molecule has 0 aromatic rings. The number of carbonyl (C=O) groups is 2. The highest BCUT2D eigenvalue weighted by Crippen LogP contribution is 1.91. The predicted octanol–water partition coefficient (Wildman–Crippen LogP) is 0.0998. The van der Waals surface area contributed by atoms with Crippen molar-refractivity contribution in [3.05, 3.63) is 0 Å². The van der Waals surface area contributed by atoms with Gasteiger partial charge in [0.15, 0.2) is 0 Å². The molecule has 0 bridgehead atoms. The Morgan fingerprint density at radius 1 is 1.38 bits per heavy atom. The van der Waals surface area contributed by atoms with Gasteiger partial charge in [-0.05, 0) is 6.42 Å². The number of unbranched alkanes of at least 4 members (excludes halogenated alkanes) is 1. The Morgan fingerprint density at radius 2 is 2.08 bits per heavy atom. The first-order valence-electron chi connectivity index (χ1n) is 4.37. The van der Waals surface area contributed by atoms with E-state index in [1.165, 1.54) is 0 Å². The van der Waals surface area contributed by atoms with E-state index in [1.807, 2.05) is 6.92 Å². The van der Waals surface area contributed by atoms with Crippen molar-refractivity contribution in [3.8, 4) is 0 Å². The van der Waals surface area contributed by atoms with Crippen LogP contribution in [0.15, 0.2) is 0 Å². The van der Waals surface area contributed by atoms with Crippen LogP contribution in [0.1, 0.15) is 32.6 Å². The number of nitrogens with two attached hydrogens (primary N) is 1. The van der Waals surface area contributed by atoms with Crippen molar-refractivity contribution in [1.29, 1.82) is 0 Å². The largest absolute Gasteiger partial charge is 0.373 e. The summed E-state index contributed by atoms with van der Waals surface area (Å²) in [6.45, 7) is 2.70. The predicted molar refractivity (Wildman–Crippen MR) is 47.4 cm³/mol. The molecule has 76 valence electrons. The summed E-state index contributed by atoms with van der Waals surface area (Å²) in [7, 11) is 0. The summed E-state index contributed by atoms with van der Waals surface area (Å²) in [5.41, 5.74) is 0. The first kappa shape index (κ1) is 11.9. The van der Waals surface area contributed by atoms with E-state index in [4.69, 9.17) is 0 Å². The van der Waals surface area contributed by atoms with Crippen molar-refractivity contribution in [2.45, 2.75) is 32.6 Å². The molecule has 0 aliphatic rings. The Bertz CT molecular complexity index is 171. The van der Waals surface area contributed by atoms with E-state index in [-0.39, 0.29) is 18.7 Å². The van der Waals surface area contributed by atoms with Gasteiger partial charge >= 0.3 is 5.97 Å². The molecule has 3 N–H and O–H groups in total. The monoisotopic (exact) mass is 188 g/mol. The van der Waals surface area contributed by atoms with Crippen LogP contribution in [0.4, 0.5) is 0 Å². The van der Waals surface area contributed by atoms with E-state index in [0.29, 0.717) is 6.54 Å². The second kappa shape index (κ2) is 7.54. The van der Waals surface area contributed by atoms with Crippen molar-refractivity contribution in [2.75, 3.05) is 6.54 Å². The van der Waals surface area contributed by atoms with E-state index in [9.17, 15) is 9.59 Å². The lowest BCUT2D eigenvalue weighted by Gasteiger charge is -2.02. The SMILES string of the molecule is CCCCNC(=O)CCC(=O)ON. The summed E-state index contributed by atoms with van der Waals surface area (Å²) in [5, 5.41) is 2.68. The van der Waals surface area contributed by atoms with Gasteiger partial charge in [-0.1, -0.05) is 13.3 Å². The lowest BCUT2D eigenvalue weighted by Crippen LogP contribution is -2.25. The highest BCUT2D eigenvalue weighted by Gasteiger charge is 2.05. The van der Waals surface area contributed by atoms with Crippen LogP contribution >= 0.6 is 0 Å². The summed E-state index contributed by atoms with van der Waals surface area (Å²) < 4.78 is 0. The van der Waals surface area contributed by atoms with Gasteiger partial charge in [-0.15, -0.1) is 0 Å². The summed E-state index contributed by atoms with van der Waals surface area (Å²) in [6.07, 6.45) is 2.16. The van der Waals surface area contributed by atoms with Crippen molar-refractivity contribution in [3.63, 3.8) is 0 Å². The minimum Gasteiger partial charge on any atom is -0.373 e. The average molecular weight is 188 g/mol. The third-order valence-electron chi connectivity index (χ3n) is 1.54. The molecule has 0 aliphatic heterocycles. The van der Waals surface area contributed by atoms with Crippen LogP contribution in [0.5, 0.6) is 0 Å². The Balaban J connectivity index is 3.35. The Hall–Kier alpha value is -1.10. The van der Waals surface area contributed by atoms with Gasteiger partial charge in [0.1, 0.15) is 0 Å². The van der Waals surface area contributed by atoms with Crippen molar-refractivity contribution in [1.82, 2.24) is 5.32 Å². The molecule has 13 heavy (non-hydrogen) atoms. The fourth-order valence-corrected chi connectivity index (χ4v) is 0.767. The summed E-state index contributed by atoms with van der Waals surface area (Å²) >= 11 is 0. The molecular formula is C8H16N2O3. The zero-order valence-electron chi connectivity index (χ0n) is 7.84. The van der Waals surface area contributed by atoms with E-state index >= 15 is 0 Å².